The predicted octanol–water partition coefficient (Wildman–Crippen LogP) is 0.854. The lowest BCUT2D eigenvalue weighted by Crippen LogP contribution is -2.56. The minimum absolute atomic E-state index is 0.332. The summed E-state index contributed by atoms with van der Waals surface area (Å²) in [4.78, 5) is 0. The summed E-state index contributed by atoms with van der Waals surface area (Å²) in [5.41, 5.74) is 7.16. The van der Waals surface area contributed by atoms with E-state index in [4.69, 9.17) is 11.6 Å². The summed E-state index contributed by atoms with van der Waals surface area (Å²) < 4.78 is 0. The minimum Gasteiger partial charge on any atom is -0.312 e. The van der Waals surface area contributed by atoms with Crippen LogP contribution in [0.1, 0.15) is 18.4 Å². The van der Waals surface area contributed by atoms with Crippen molar-refractivity contribution in [2.24, 2.45) is 11.6 Å². The van der Waals surface area contributed by atoms with Crippen molar-refractivity contribution in [3.8, 4) is 0 Å². The van der Waals surface area contributed by atoms with Crippen molar-refractivity contribution in [1.29, 1.82) is 0 Å². The van der Waals surface area contributed by atoms with Crippen LogP contribution in [0.5, 0.6) is 0 Å². The van der Waals surface area contributed by atoms with Gasteiger partial charge in [0, 0.05) is 13.0 Å². The van der Waals surface area contributed by atoms with Crippen LogP contribution in [-0.4, -0.2) is 17.2 Å². The molecule has 2 rings (SSSR count). The molecule has 0 bridgehead atoms. The monoisotopic (exact) mass is 191 g/mol. The van der Waals surface area contributed by atoms with Gasteiger partial charge in [0.15, 0.2) is 0 Å². The van der Waals surface area contributed by atoms with Crippen molar-refractivity contribution in [3.05, 3.63) is 35.9 Å². The van der Waals surface area contributed by atoms with E-state index in [1.54, 1.807) is 5.01 Å². The van der Waals surface area contributed by atoms with Crippen molar-refractivity contribution in [2.45, 2.75) is 24.9 Å². The molecule has 3 heteroatoms. The molecule has 1 aromatic carbocycles. The van der Waals surface area contributed by atoms with Crippen molar-refractivity contribution < 1.29 is 0 Å². The molecule has 0 radical (unpaired) electrons. The van der Waals surface area contributed by atoms with Crippen molar-refractivity contribution in [1.82, 2.24) is 5.01 Å². The molecule has 14 heavy (non-hydrogen) atoms. The molecular weight excluding hydrogens is 174 g/mol. The Hall–Kier alpha value is -0.900. The van der Waals surface area contributed by atoms with Gasteiger partial charge in [0.05, 0.1) is 5.66 Å². The third-order valence-corrected chi connectivity index (χ3v) is 2.93. The molecule has 1 atom stereocenters. The van der Waals surface area contributed by atoms with E-state index >= 15 is 0 Å². The highest BCUT2D eigenvalue weighted by molar-refractivity contribution is 5.17. The van der Waals surface area contributed by atoms with Crippen molar-refractivity contribution in [3.63, 3.8) is 0 Å². The molecule has 1 aliphatic rings. The minimum atomic E-state index is -0.332. The fourth-order valence-electron chi connectivity index (χ4n) is 2.06. The molecule has 0 amide bonds. The van der Waals surface area contributed by atoms with Crippen molar-refractivity contribution >= 4 is 0 Å². The molecule has 1 heterocycles. The lowest BCUT2D eigenvalue weighted by atomic mass is 9.99. The molecule has 1 fully saturated rings. The Morgan fingerprint density at radius 1 is 1.29 bits per heavy atom. The zero-order chi connectivity index (χ0) is 10.0. The summed E-state index contributed by atoms with van der Waals surface area (Å²) in [6, 6.07) is 10.3. The van der Waals surface area contributed by atoms with E-state index in [2.05, 4.69) is 12.1 Å². The zero-order valence-corrected chi connectivity index (χ0v) is 8.32. The lowest BCUT2D eigenvalue weighted by molar-refractivity contribution is 0.145. The van der Waals surface area contributed by atoms with Gasteiger partial charge in [0.1, 0.15) is 0 Å². The molecule has 1 saturated heterocycles. The van der Waals surface area contributed by atoms with Crippen LogP contribution in [-0.2, 0) is 6.42 Å². The molecule has 1 aromatic rings. The summed E-state index contributed by atoms with van der Waals surface area (Å²) in [6.45, 7) is 0.906. The van der Waals surface area contributed by atoms with Crippen LogP contribution in [0, 0.1) is 0 Å². The fourth-order valence-corrected chi connectivity index (χ4v) is 2.06. The smallest absolute Gasteiger partial charge is 0.0859 e. The summed E-state index contributed by atoms with van der Waals surface area (Å²) in [5, 5.41) is 1.78. The van der Waals surface area contributed by atoms with Gasteiger partial charge in [0.2, 0.25) is 0 Å². The van der Waals surface area contributed by atoms with Gasteiger partial charge in [-0.1, -0.05) is 30.3 Å². The number of nitrogens with two attached hydrogens (primary N) is 2. The Morgan fingerprint density at radius 2 is 2.00 bits per heavy atom. The van der Waals surface area contributed by atoms with Crippen LogP contribution in [0.2, 0.25) is 0 Å². The first-order chi connectivity index (χ1) is 6.71. The van der Waals surface area contributed by atoms with Crippen LogP contribution in [0.4, 0.5) is 0 Å². The Labute approximate surface area is 84.7 Å². The molecule has 4 N–H and O–H groups in total. The fraction of sp³-hybridized carbons (Fsp3) is 0.455. The molecule has 0 spiro atoms. The summed E-state index contributed by atoms with van der Waals surface area (Å²) in [5.74, 6) is 5.87. The highest BCUT2D eigenvalue weighted by Crippen LogP contribution is 2.24. The Balaban J connectivity index is 2.10. The lowest BCUT2D eigenvalue weighted by Gasteiger charge is -2.31. The maximum Gasteiger partial charge on any atom is 0.0859 e. The van der Waals surface area contributed by atoms with Gasteiger partial charge in [-0.15, -0.1) is 0 Å². The van der Waals surface area contributed by atoms with E-state index in [1.165, 1.54) is 5.56 Å². The van der Waals surface area contributed by atoms with E-state index in [-0.39, 0.29) is 5.66 Å². The van der Waals surface area contributed by atoms with E-state index < -0.39 is 0 Å². The number of hydrazine groups is 1. The second-order valence-corrected chi connectivity index (χ2v) is 4.06. The average Bonchev–Trinajstić information content (AvgIpc) is 2.48. The van der Waals surface area contributed by atoms with E-state index in [1.807, 2.05) is 18.2 Å². The molecular formula is C11H17N3. The van der Waals surface area contributed by atoms with Gasteiger partial charge in [-0.05, 0) is 18.4 Å². The van der Waals surface area contributed by atoms with Crippen molar-refractivity contribution in [2.75, 3.05) is 6.54 Å². The van der Waals surface area contributed by atoms with Gasteiger partial charge in [-0.2, -0.15) is 0 Å². The van der Waals surface area contributed by atoms with E-state index in [0.29, 0.717) is 0 Å². The van der Waals surface area contributed by atoms with Gasteiger partial charge in [0.25, 0.3) is 0 Å². The van der Waals surface area contributed by atoms with Crippen LogP contribution in [0.3, 0.4) is 0 Å². The highest BCUT2D eigenvalue weighted by Gasteiger charge is 2.35. The van der Waals surface area contributed by atoms with Crippen LogP contribution >= 0.6 is 0 Å². The predicted molar refractivity (Wildman–Crippen MR) is 57.2 cm³/mol. The normalized spacial score (nSPS) is 28.1. The Kier molecular flexibility index (Phi) is 2.54. The van der Waals surface area contributed by atoms with Gasteiger partial charge >= 0.3 is 0 Å². The van der Waals surface area contributed by atoms with E-state index in [9.17, 15) is 0 Å². The molecule has 0 aliphatic carbocycles. The maximum atomic E-state index is 6.24. The van der Waals surface area contributed by atoms with Crippen LogP contribution < -0.4 is 11.6 Å². The Morgan fingerprint density at radius 3 is 2.57 bits per heavy atom. The van der Waals surface area contributed by atoms with Gasteiger partial charge in [-0.3, -0.25) is 5.84 Å². The van der Waals surface area contributed by atoms with Crippen LogP contribution in [0.15, 0.2) is 30.3 Å². The number of hydrogen-bond acceptors (Lipinski definition) is 3. The summed E-state index contributed by atoms with van der Waals surface area (Å²) in [7, 11) is 0. The second kappa shape index (κ2) is 3.69. The molecule has 0 aromatic heterocycles. The number of hydrogen-bond donors (Lipinski definition) is 2. The first-order valence-corrected chi connectivity index (χ1v) is 5.06. The zero-order valence-electron chi connectivity index (χ0n) is 8.32. The molecule has 0 saturated carbocycles. The Bertz CT molecular complexity index is 299. The molecule has 1 aliphatic heterocycles. The van der Waals surface area contributed by atoms with Gasteiger partial charge < -0.3 is 5.73 Å². The number of rotatable bonds is 2. The maximum absolute atomic E-state index is 6.24. The van der Waals surface area contributed by atoms with Gasteiger partial charge in [-0.25, -0.2) is 5.01 Å². The average molecular weight is 191 g/mol. The van der Waals surface area contributed by atoms with Crippen LogP contribution in [0.25, 0.3) is 0 Å². The molecule has 76 valence electrons. The number of benzene rings is 1. The molecule has 3 nitrogen and oxygen atoms in total. The first-order valence-electron chi connectivity index (χ1n) is 5.06. The highest BCUT2D eigenvalue weighted by atomic mass is 15.5. The summed E-state index contributed by atoms with van der Waals surface area (Å²) >= 11 is 0. The first kappa shape index (κ1) is 9.65. The summed E-state index contributed by atoms with van der Waals surface area (Å²) in [6.07, 6.45) is 2.92. The molecule has 1 unspecified atom stereocenters. The SMILES string of the molecule is NN1CCCC1(N)Cc1ccccc1. The topological polar surface area (TPSA) is 55.3 Å². The third kappa shape index (κ3) is 1.80. The number of nitrogens with zero attached hydrogens (tertiary/aromatic N) is 1. The third-order valence-electron chi connectivity index (χ3n) is 2.93. The standard InChI is InChI=1S/C11H17N3/c12-11(7-4-8-14(11)13)9-10-5-2-1-3-6-10/h1-3,5-6H,4,7-9,12-13H2. The quantitative estimate of drug-likeness (QED) is 0.681. The second-order valence-electron chi connectivity index (χ2n) is 4.06. The largest absolute Gasteiger partial charge is 0.312 e. The van der Waals surface area contributed by atoms with E-state index in [0.717, 1.165) is 25.8 Å².